The molecule has 0 aromatic heterocycles. The Balaban J connectivity index is 0. The van der Waals surface area contributed by atoms with Crippen LogP contribution in [0, 0.1) is 10.1 Å². The second kappa shape index (κ2) is 14.4. The number of carbonyl (C=O) groups excluding carboxylic acids is 1. The Labute approximate surface area is 136 Å². The minimum Gasteiger partial charge on any atom is -0.330 e. The molecule has 0 atom stereocenters. The first-order chi connectivity index (χ1) is 9.48. The SMILES string of the molecule is CCCN.O=C(CBr)c1cccc([N+](=O)[O-])c1.S=C=S. The van der Waals surface area contributed by atoms with Gasteiger partial charge < -0.3 is 5.73 Å². The van der Waals surface area contributed by atoms with E-state index in [0.717, 1.165) is 13.0 Å². The molecule has 0 heterocycles. The molecule has 0 amide bonds. The Morgan fingerprint density at radius 2 is 2.00 bits per heavy atom. The summed E-state index contributed by atoms with van der Waals surface area (Å²) in [7, 11) is 0. The van der Waals surface area contributed by atoms with Crippen molar-refractivity contribution in [3.63, 3.8) is 0 Å². The van der Waals surface area contributed by atoms with Crippen LogP contribution >= 0.6 is 40.4 Å². The monoisotopic (exact) mass is 378 g/mol. The van der Waals surface area contributed by atoms with E-state index in [1.54, 1.807) is 6.07 Å². The van der Waals surface area contributed by atoms with Gasteiger partial charge in [-0.15, -0.1) is 0 Å². The minimum atomic E-state index is -0.523. The van der Waals surface area contributed by atoms with Gasteiger partial charge >= 0.3 is 0 Å². The van der Waals surface area contributed by atoms with E-state index in [2.05, 4.69) is 47.3 Å². The number of hydrogen-bond donors (Lipinski definition) is 1. The van der Waals surface area contributed by atoms with E-state index in [0.29, 0.717) is 5.56 Å². The molecule has 20 heavy (non-hydrogen) atoms. The Morgan fingerprint density at radius 3 is 2.35 bits per heavy atom. The Hall–Kier alpha value is -1.05. The minimum absolute atomic E-state index is 0.0631. The molecule has 1 aromatic carbocycles. The maximum absolute atomic E-state index is 11.1. The number of hydrogen-bond acceptors (Lipinski definition) is 6. The second-order valence-electron chi connectivity index (χ2n) is 3.24. The number of thiocarbonyl (C=S) groups is 2. The lowest BCUT2D eigenvalue weighted by atomic mass is 10.1. The van der Waals surface area contributed by atoms with Gasteiger partial charge in [-0.05, 0) is 37.4 Å². The number of nitrogens with two attached hydrogens (primary N) is 1. The average molecular weight is 379 g/mol. The maximum Gasteiger partial charge on any atom is 0.270 e. The van der Waals surface area contributed by atoms with E-state index in [1.165, 1.54) is 18.2 Å². The molecular formula is C12H15BrN2O3S2. The molecule has 0 radical (unpaired) electrons. The molecule has 0 saturated heterocycles. The molecule has 110 valence electrons. The van der Waals surface area contributed by atoms with Gasteiger partial charge in [-0.2, -0.15) is 0 Å². The lowest BCUT2D eigenvalue weighted by Gasteiger charge is -1.95. The molecule has 0 unspecified atom stereocenters. The smallest absolute Gasteiger partial charge is 0.270 e. The summed E-state index contributed by atoms with van der Waals surface area (Å²) in [6.07, 6.45) is 1.10. The molecular weight excluding hydrogens is 364 g/mol. The number of nitro groups is 1. The first-order valence-electron chi connectivity index (χ1n) is 5.51. The Morgan fingerprint density at radius 1 is 1.50 bits per heavy atom. The molecule has 0 bridgehead atoms. The number of nitrogens with zero attached hydrogens (tertiary/aromatic N) is 1. The zero-order valence-corrected chi connectivity index (χ0v) is 14.1. The topological polar surface area (TPSA) is 86.2 Å². The van der Waals surface area contributed by atoms with Crippen molar-refractivity contribution in [3.8, 4) is 0 Å². The van der Waals surface area contributed by atoms with Gasteiger partial charge in [-0.25, -0.2) is 0 Å². The molecule has 8 heteroatoms. The number of halogens is 1. The van der Waals surface area contributed by atoms with Crippen LogP contribution in [0.4, 0.5) is 5.69 Å². The van der Waals surface area contributed by atoms with Gasteiger partial charge in [0.25, 0.3) is 5.69 Å². The van der Waals surface area contributed by atoms with E-state index in [9.17, 15) is 14.9 Å². The highest BCUT2D eigenvalue weighted by atomic mass is 79.9. The third-order valence-corrected chi connectivity index (χ3v) is 2.30. The van der Waals surface area contributed by atoms with Crippen LogP contribution in [0.1, 0.15) is 23.7 Å². The number of nitro benzene ring substituents is 1. The van der Waals surface area contributed by atoms with Crippen LogP contribution in [0.2, 0.25) is 0 Å². The molecule has 0 aliphatic carbocycles. The van der Waals surface area contributed by atoms with Crippen LogP contribution in [0.5, 0.6) is 0 Å². The van der Waals surface area contributed by atoms with Crippen LogP contribution < -0.4 is 5.73 Å². The molecule has 5 nitrogen and oxygen atoms in total. The van der Waals surface area contributed by atoms with Crippen LogP contribution in [0.15, 0.2) is 24.3 Å². The summed E-state index contributed by atoms with van der Waals surface area (Å²) in [5, 5.41) is 10.5. The van der Waals surface area contributed by atoms with Crippen LogP contribution in [-0.2, 0) is 0 Å². The van der Waals surface area contributed by atoms with Gasteiger partial charge in [0, 0.05) is 22.0 Å². The lowest BCUT2D eigenvalue weighted by Crippen LogP contribution is -2.00. The average Bonchev–Trinajstić information content (AvgIpc) is 2.47. The second-order valence-corrected chi connectivity index (χ2v) is 4.46. The van der Waals surface area contributed by atoms with Gasteiger partial charge in [0.2, 0.25) is 0 Å². The molecule has 0 spiro atoms. The summed E-state index contributed by atoms with van der Waals surface area (Å²) in [5.74, 6) is -0.163. The lowest BCUT2D eigenvalue weighted by molar-refractivity contribution is -0.384. The third kappa shape index (κ3) is 10.8. The highest BCUT2D eigenvalue weighted by molar-refractivity contribution is 9.09. The number of carbonyl (C=O) groups is 1. The summed E-state index contributed by atoms with van der Waals surface area (Å²) < 4.78 is 1.92. The molecule has 0 saturated carbocycles. The number of rotatable bonds is 4. The fraction of sp³-hybridized carbons (Fsp3) is 0.333. The van der Waals surface area contributed by atoms with Crippen LogP contribution in [-0.4, -0.2) is 26.9 Å². The maximum atomic E-state index is 11.1. The van der Waals surface area contributed by atoms with Gasteiger partial charge in [0.1, 0.15) is 0 Å². The number of non-ortho nitro benzene ring substituents is 1. The number of Topliss-reactive ketones (excluding diaryl/α,β-unsaturated/α-hetero) is 1. The summed E-state index contributed by atoms with van der Waals surface area (Å²) in [4.78, 5) is 20.9. The van der Waals surface area contributed by atoms with Crippen molar-refractivity contribution in [2.45, 2.75) is 13.3 Å². The fourth-order valence-electron chi connectivity index (χ4n) is 0.870. The van der Waals surface area contributed by atoms with Crippen molar-refractivity contribution in [2.24, 2.45) is 5.73 Å². The van der Waals surface area contributed by atoms with Crippen LogP contribution in [0.25, 0.3) is 0 Å². The van der Waals surface area contributed by atoms with Crippen LogP contribution in [0.3, 0.4) is 0 Å². The molecule has 1 rings (SSSR count). The van der Waals surface area contributed by atoms with Gasteiger partial charge in [-0.3, -0.25) is 14.9 Å². The van der Waals surface area contributed by atoms with Crippen molar-refractivity contribution in [1.29, 1.82) is 0 Å². The predicted octanol–water partition coefficient (Wildman–Crippen LogP) is 3.55. The van der Waals surface area contributed by atoms with E-state index in [-0.39, 0.29) is 16.8 Å². The standard InChI is InChI=1S/C8H6BrNO3.C3H9N.CS2/c9-5-8(11)6-2-1-3-7(4-6)10(12)13;1-2-3-4;2-1-3/h1-4H,5H2;2-4H2,1H3;. The molecule has 0 aliphatic heterocycles. The summed E-state index contributed by atoms with van der Waals surface area (Å²) in [6, 6.07) is 5.67. The van der Waals surface area contributed by atoms with E-state index >= 15 is 0 Å². The molecule has 0 aliphatic rings. The van der Waals surface area contributed by atoms with Gasteiger partial charge in [0.05, 0.1) is 10.3 Å². The van der Waals surface area contributed by atoms with Gasteiger partial charge in [-0.1, -0.05) is 35.0 Å². The number of benzene rings is 1. The summed E-state index contributed by atoms with van der Waals surface area (Å²) in [6.45, 7) is 2.88. The highest BCUT2D eigenvalue weighted by Crippen LogP contribution is 2.13. The molecule has 0 fully saturated rings. The summed E-state index contributed by atoms with van der Waals surface area (Å²) in [5.41, 5.74) is 5.32. The van der Waals surface area contributed by atoms with Gasteiger partial charge in [0.15, 0.2) is 5.78 Å². The zero-order valence-electron chi connectivity index (χ0n) is 10.9. The van der Waals surface area contributed by atoms with Crippen molar-refractivity contribution in [2.75, 3.05) is 11.9 Å². The van der Waals surface area contributed by atoms with Crippen molar-refractivity contribution < 1.29 is 9.72 Å². The highest BCUT2D eigenvalue weighted by Gasteiger charge is 2.09. The first kappa shape index (κ1) is 21.3. The third-order valence-electron chi connectivity index (χ3n) is 1.79. The Kier molecular flexibility index (Phi) is 15.3. The van der Waals surface area contributed by atoms with E-state index in [4.69, 9.17) is 5.73 Å². The van der Waals surface area contributed by atoms with Crippen molar-refractivity contribution in [1.82, 2.24) is 0 Å². The fourth-order valence-corrected chi connectivity index (χ4v) is 1.19. The van der Waals surface area contributed by atoms with Crippen molar-refractivity contribution in [3.05, 3.63) is 39.9 Å². The predicted molar refractivity (Wildman–Crippen MR) is 90.8 cm³/mol. The molecule has 2 N–H and O–H groups in total. The largest absolute Gasteiger partial charge is 0.330 e. The zero-order chi connectivity index (χ0) is 16.0. The quantitative estimate of drug-likeness (QED) is 0.283. The number of ketones is 1. The first-order valence-corrected chi connectivity index (χ1v) is 7.45. The number of alkyl halides is 1. The Bertz CT molecular complexity index is 462. The summed E-state index contributed by atoms with van der Waals surface area (Å²) >= 11 is 10.9. The van der Waals surface area contributed by atoms with E-state index in [1.807, 2.05) is 4.31 Å². The van der Waals surface area contributed by atoms with E-state index < -0.39 is 4.92 Å². The normalized spacial score (nSPS) is 8.15. The molecule has 1 aromatic rings. The van der Waals surface area contributed by atoms with Crippen molar-refractivity contribution >= 4 is 56.2 Å².